The maximum atomic E-state index is 13.2. The van der Waals surface area contributed by atoms with Gasteiger partial charge >= 0.3 is 6.18 Å². The van der Waals surface area contributed by atoms with Gasteiger partial charge in [-0.2, -0.15) is 13.2 Å². The van der Waals surface area contributed by atoms with Crippen LogP contribution in [0.15, 0.2) is 59.5 Å². The van der Waals surface area contributed by atoms with Gasteiger partial charge in [0.1, 0.15) is 11.7 Å². The van der Waals surface area contributed by atoms with Crippen molar-refractivity contribution in [3.8, 4) is 0 Å². The first-order chi connectivity index (χ1) is 17.0. The summed E-state index contributed by atoms with van der Waals surface area (Å²) in [6, 6.07) is 11.5. The van der Waals surface area contributed by atoms with E-state index in [0.717, 1.165) is 18.2 Å². The average molecular weight is 523 g/mol. The van der Waals surface area contributed by atoms with Gasteiger partial charge in [-0.1, -0.05) is 24.3 Å². The summed E-state index contributed by atoms with van der Waals surface area (Å²) in [6.07, 6.45) is -3.92. The smallest absolute Gasteiger partial charge is 0.339 e. The van der Waals surface area contributed by atoms with Crippen molar-refractivity contribution in [2.45, 2.75) is 42.8 Å². The van der Waals surface area contributed by atoms with E-state index in [-0.39, 0.29) is 47.9 Å². The molecule has 36 heavy (non-hydrogen) atoms. The van der Waals surface area contributed by atoms with Crippen LogP contribution in [0.3, 0.4) is 0 Å². The number of ketones is 1. The van der Waals surface area contributed by atoms with Crippen molar-refractivity contribution >= 4 is 33.1 Å². The molecule has 0 radical (unpaired) electrons. The number of sulfone groups is 1. The van der Waals surface area contributed by atoms with Gasteiger partial charge in [0.05, 0.1) is 16.2 Å². The fourth-order valence-electron chi connectivity index (χ4n) is 4.94. The number of nitrogens with zero attached hydrogens (tertiary/aromatic N) is 1. The van der Waals surface area contributed by atoms with E-state index in [1.54, 1.807) is 18.2 Å². The van der Waals surface area contributed by atoms with E-state index >= 15 is 0 Å². The van der Waals surface area contributed by atoms with Crippen LogP contribution in [0.4, 0.5) is 18.9 Å². The highest BCUT2D eigenvalue weighted by Gasteiger charge is 2.45. The molecule has 11 heteroatoms. The molecule has 192 valence electrons. The van der Waals surface area contributed by atoms with Crippen LogP contribution in [0.2, 0.25) is 0 Å². The number of benzene rings is 2. The Kier molecular flexibility index (Phi) is 7.21. The zero-order valence-corrected chi connectivity index (χ0v) is 20.0. The molecule has 3 atom stereocenters. The second kappa shape index (κ2) is 10.0. The first-order valence-corrected chi connectivity index (χ1v) is 13.2. The first-order valence-electron chi connectivity index (χ1n) is 11.5. The highest BCUT2D eigenvalue weighted by Crippen LogP contribution is 2.34. The van der Waals surface area contributed by atoms with Crippen molar-refractivity contribution in [2.24, 2.45) is 11.8 Å². The number of hydrogen-bond acceptors (Lipinski definition) is 5. The van der Waals surface area contributed by atoms with Crippen LogP contribution in [0.5, 0.6) is 0 Å². The van der Waals surface area contributed by atoms with Crippen molar-refractivity contribution in [3.63, 3.8) is 0 Å². The van der Waals surface area contributed by atoms with Crippen molar-refractivity contribution in [2.75, 3.05) is 17.6 Å². The highest BCUT2D eigenvalue weighted by atomic mass is 32.2. The molecule has 0 bridgehead atoms. The van der Waals surface area contributed by atoms with Crippen LogP contribution in [0, 0.1) is 11.8 Å². The Bertz CT molecular complexity index is 1260. The number of likely N-dealkylation sites (tertiary alicyclic amines) is 1. The molecule has 1 heterocycles. The molecule has 1 aliphatic carbocycles. The van der Waals surface area contributed by atoms with Gasteiger partial charge in [0.2, 0.25) is 11.8 Å². The normalized spacial score (nSPS) is 23.1. The Hall–Kier alpha value is -3.21. The quantitative estimate of drug-likeness (QED) is 0.583. The summed E-state index contributed by atoms with van der Waals surface area (Å²) in [7, 11) is -3.71. The van der Waals surface area contributed by atoms with E-state index in [0.29, 0.717) is 6.42 Å². The van der Waals surface area contributed by atoms with Gasteiger partial charge in [-0.3, -0.25) is 14.4 Å². The van der Waals surface area contributed by atoms with E-state index in [1.165, 1.54) is 23.1 Å². The summed E-state index contributed by atoms with van der Waals surface area (Å²) in [6.45, 7) is 0.195. The zero-order valence-electron chi connectivity index (χ0n) is 19.2. The number of rotatable bonds is 6. The maximum Gasteiger partial charge on any atom is 0.416 e. The van der Waals surface area contributed by atoms with Gasteiger partial charge in [0, 0.05) is 37.0 Å². The maximum absolute atomic E-state index is 13.2. The van der Waals surface area contributed by atoms with Crippen LogP contribution in [0.25, 0.3) is 0 Å². The lowest BCUT2D eigenvalue weighted by atomic mass is 9.84. The Balaban J connectivity index is 1.48. The van der Waals surface area contributed by atoms with Crippen LogP contribution in [0.1, 0.15) is 31.2 Å². The lowest BCUT2D eigenvalue weighted by Gasteiger charge is -2.37. The van der Waals surface area contributed by atoms with E-state index in [1.807, 2.05) is 0 Å². The van der Waals surface area contributed by atoms with Crippen LogP contribution < -0.4 is 5.32 Å². The molecule has 7 nitrogen and oxygen atoms in total. The third kappa shape index (κ3) is 5.61. The molecule has 1 saturated heterocycles. The number of halogens is 3. The van der Waals surface area contributed by atoms with Gasteiger partial charge in [-0.05, 0) is 43.2 Å². The Morgan fingerprint density at radius 2 is 1.75 bits per heavy atom. The van der Waals surface area contributed by atoms with Crippen molar-refractivity contribution < 1.29 is 36.0 Å². The number of anilines is 1. The minimum atomic E-state index is -4.58. The lowest BCUT2D eigenvalue weighted by Crippen LogP contribution is -2.48. The van der Waals surface area contributed by atoms with Gasteiger partial charge in [0.25, 0.3) is 0 Å². The van der Waals surface area contributed by atoms with E-state index in [4.69, 9.17) is 0 Å². The van der Waals surface area contributed by atoms with Crippen LogP contribution in [-0.4, -0.2) is 49.3 Å². The second-order valence-corrected chi connectivity index (χ2v) is 11.2. The number of carbonyl (C=O) groups excluding carboxylic acids is 3. The fraction of sp³-hybridized carbons (Fsp3) is 0.400. The fourth-order valence-corrected chi connectivity index (χ4v) is 6.61. The lowest BCUT2D eigenvalue weighted by molar-refractivity contribution is -0.140. The van der Waals surface area contributed by atoms with Crippen molar-refractivity contribution in [1.82, 2.24) is 4.90 Å². The van der Waals surface area contributed by atoms with Gasteiger partial charge in [-0.15, -0.1) is 0 Å². The van der Waals surface area contributed by atoms with Gasteiger partial charge < -0.3 is 10.2 Å². The SMILES string of the molecule is O=C1CCC(N2CCC(C(=O)Nc3cccc(C(F)(F)F)c3)C2=O)C(CS(=O)(=O)c2ccccc2)C1. The van der Waals surface area contributed by atoms with E-state index < -0.39 is 51.3 Å². The van der Waals surface area contributed by atoms with Crippen LogP contribution >= 0.6 is 0 Å². The van der Waals surface area contributed by atoms with Crippen molar-refractivity contribution in [3.05, 3.63) is 60.2 Å². The molecule has 2 fully saturated rings. The third-order valence-corrected chi connectivity index (χ3v) is 8.56. The molecule has 4 rings (SSSR count). The summed E-state index contributed by atoms with van der Waals surface area (Å²) < 4.78 is 64.9. The summed E-state index contributed by atoms with van der Waals surface area (Å²) in [4.78, 5) is 39.7. The monoisotopic (exact) mass is 522 g/mol. The van der Waals surface area contributed by atoms with Crippen molar-refractivity contribution in [1.29, 1.82) is 0 Å². The predicted molar refractivity (Wildman–Crippen MR) is 125 cm³/mol. The molecule has 2 aromatic rings. The predicted octanol–water partition coefficient (Wildman–Crippen LogP) is 3.70. The summed E-state index contributed by atoms with van der Waals surface area (Å²) in [5.74, 6) is -3.35. The van der Waals surface area contributed by atoms with Gasteiger partial charge in [0.15, 0.2) is 9.84 Å². The summed E-state index contributed by atoms with van der Waals surface area (Å²) >= 11 is 0. The van der Waals surface area contributed by atoms with E-state index in [2.05, 4.69) is 5.32 Å². The minimum absolute atomic E-state index is 0.0155. The minimum Gasteiger partial charge on any atom is -0.339 e. The molecule has 0 aromatic heterocycles. The van der Waals surface area contributed by atoms with E-state index in [9.17, 15) is 36.0 Å². The summed E-state index contributed by atoms with van der Waals surface area (Å²) in [5.41, 5.74) is -0.995. The standard InChI is InChI=1S/C25H25F3N2O5S/c26-25(27,28)17-5-4-6-18(14-17)29-23(32)21-11-12-30(24(21)33)22-10-9-19(31)13-16(22)15-36(34,35)20-7-2-1-3-8-20/h1-8,14,16,21-22H,9-13,15H2,(H,29,32). The number of nitrogens with one attached hydrogen (secondary N) is 1. The Labute approximate surface area is 206 Å². The molecule has 1 N–H and O–H groups in total. The Morgan fingerprint density at radius 3 is 2.44 bits per heavy atom. The molecular weight excluding hydrogens is 497 g/mol. The largest absolute Gasteiger partial charge is 0.416 e. The molecule has 2 aromatic carbocycles. The van der Waals surface area contributed by atoms with Gasteiger partial charge in [-0.25, -0.2) is 8.42 Å². The topological polar surface area (TPSA) is 101 Å². The number of Topliss-reactive ketones (excluding diaryl/α,β-unsaturated/α-hetero) is 1. The second-order valence-electron chi connectivity index (χ2n) is 9.14. The summed E-state index contributed by atoms with van der Waals surface area (Å²) in [5, 5.41) is 2.39. The molecule has 2 aliphatic rings. The Morgan fingerprint density at radius 1 is 1.03 bits per heavy atom. The van der Waals surface area contributed by atoms with Crippen LogP contribution in [-0.2, 0) is 30.4 Å². The number of amides is 2. The number of hydrogen-bond donors (Lipinski definition) is 1. The number of alkyl halides is 3. The molecule has 3 unspecified atom stereocenters. The third-order valence-electron chi connectivity index (χ3n) is 6.70. The average Bonchev–Trinajstić information content (AvgIpc) is 3.20. The molecule has 1 saturated carbocycles. The molecule has 0 spiro atoms. The first kappa shape index (κ1) is 25.9. The molecule has 1 aliphatic heterocycles. The number of carbonyl (C=O) groups is 3. The molecule has 2 amide bonds. The highest BCUT2D eigenvalue weighted by molar-refractivity contribution is 7.91. The molecular formula is C25H25F3N2O5S. The zero-order chi connectivity index (χ0) is 26.1.